The van der Waals surface area contributed by atoms with Crippen LogP contribution in [0.25, 0.3) is 11.2 Å². The number of aromatic nitrogens is 4. The van der Waals surface area contributed by atoms with E-state index in [4.69, 9.17) is 14.7 Å². The van der Waals surface area contributed by atoms with E-state index in [9.17, 15) is 4.79 Å². The summed E-state index contributed by atoms with van der Waals surface area (Å²) in [5, 5.41) is 6.81. The molecule has 1 aliphatic heterocycles. The zero-order valence-corrected chi connectivity index (χ0v) is 20.5. The van der Waals surface area contributed by atoms with E-state index in [-0.39, 0.29) is 5.91 Å². The maximum atomic E-state index is 12.0. The minimum Gasteiger partial charge on any atom is -0.497 e. The number of imidazole rings is 1. The van der Waals surface area contributed by atoms with Gasteiger partial charge in [0.15, 0.2) is 17.0 Å². The molecule has 0 radical (unpaired) electrons. The first kappa shape index (κ1) is 23.6. The molecule has 2 aromatic carbocycles. The van der Waals surface area contributed by atoms with Crippen LogP contribution in [0.1, 0.15) is 24.0 Å². The number of nitrogens with one attached hydrogen (secondary N) is 2. The van der Waals surface area contributed by atoms with Gasteiger partial charge in [0.05, 0.1) is 13.4 Å². The molecule has 1 saturated heterocycles. The van der Waals surface area contributed by atoms with E-state index >= 15 is 0 Å². The third-order valence-corrected chi connectivity index (χ3v) is 6.40. The van der Waals surface area contributed by atoms with Crippen molar-refractivity contribution in [3.8, 4) is 5.75 Å². The van der Waals surface area contributed by atoms with Crippen molar-refractivity contribution in [2.24, 2.45) is 0 Å². The molecule has 0 saturated carbocycles. The third kappa shape index (κ3) is 5.56. The van der Waals surface area contributed by atoms with Gasteiger partial charge >= 0.3 is 0 Å². The van der Waals surface area contributed by atoms with Gasteiger partial charge in [0.1, 0.15) is 5.75 Å². The summed E-state index contributed by atoms with van der Waals surface area (Å²) >= 11 is 0. The Hall–Kier alpha value is -4.14. The zero-order valence-electron chi connectivity index (χ0n) is 20.5. The average molecular weight is 486 g/mol. The van der Waals surface area contributed by atoms with Crippen LogP contribution in [0.3, 0.4) is 0 Å². The van der Waals surface area contributed by atoms with Crippen LogP contribution in [-0.2, 0) is 24.3 Å². The highest BCUT2D eigenvalue weighted by Gasteiger charge is 2.20. The summed E-state index contributed by atoms with van der Waals surface area (Å²) in [6.45, 7) is 3.42. The highest BCUT2D eigenvalue weighted by Crippen LogP contribution is 2.22. The van der Waals surface area contributed by atoms with Gasteiger partial charge in [-0.2, -0.15) is 9.97 Å². The molecule has 0 atom stereocenters. The van der Waals surface area contributed by atoms with Crippen molar-refractivity contribution in [1.82, 2.24) is 24.4 Å². The summed E-state index contributed by atoms with van der Waals surface area (Å²) in [5.41, 5.74) is 3.83. The smallest absolute Gasteiger partial charge is 0.227 e. The van der Waals surface area contributed by atoms with Crippen molar-refractivity contribution in [2.45, 2.75) is 32.4 Å². The number of likely N-dealkylation sites (tertiary alicyclic amines) is 1. The van der Waals surface area contributed by atoms with Crippen LogP contribution in [0.5, 0.6) is 5.75 Å². The summed E-state index contributed by atoms with van der Waals surface area (Å²) in [5.74, 6) is 2.27. The minimum atomic E-state index is 0.221. The van der Waals surface area contributed by atoms with Gasteiger partial charge in [-0.3, -0.25) is 4.79 Å². The number of benzene rings is 2. The molecule has 0 bridgehead atoms. The van der Waals surface area contributed by atoms with Gasteiger partial charge in [0.25, 0.3) is 0 Å². The van der Waals surface area contributed by atoms with E-state index in [1.54, 1.807) is 13.4 Å². The lowest BCUT2D eigenvalue weighted by Gasteiger charge is -2.16. The molecular weight excluding hydrogens is 454 g/mol. The quantitative estimate of drug-likeness (QED) is 0.334. The third-order valence-electron chi connectivity index (χ3n) is 6.40. The fourth-order valence-corrected chi connectivity index (χ4v) is 4.37. The van der Waals surface area contributed by atoms with E-state index in [2.05, 4.69) is 27.8 Å². The molecule has 0 spiro atoms. The number of hydrogen-bond donors (Lipinski definition) is 2. The number of ether oxygens (including phenoxy) is 1. The number of rotatable bonds is 11. The minimum absolute atomic E-state index is 0.221. The molecule has 2 aromatic heterocycles. The number of carbonyl (C=O) groups excluding carboxylic acids is 1. The van der Waals surface area contributed by atoms with E-state index in [0.29, 0.717) is 37.8 Å². The van der Waals surface area contributed by atoms with Crippen LogP contribution < -0.4 is 15.4 Å². The SMILES string of the molecule is COc1ccc(CNc2nc(NCCc3ccccc3)c3ncn(CCN4CCCC4=O)c3n2)cc1. The number of amides is 1. The van der Waals surface area contributed by atoms with Crippen molar-refractivity contribution >= 4 is 28.8 Å². The van der Waals surface area contributed by atoms with Gasteiger partial charge in [-0.15, -0.1) is 0 Å². The lowest BCUT2D eigenvalue weighted by Crippen LogP contribution is -2.28. The Morgan fingerprint density at radius 3 is 2.56 bits per heavy atom. The van der Waals surface area contributed by atoms with Crippen molar-refractivity contribution in [2.75, 3.05) is 37.4 Å². The maximum absolute atomic E-state index is 12.0. The fraction of sp³-hybridized carbons (Fsp3) is 0.333. The van der Waals surface area contributed by atoms with E-state index < -0.39 is 0 Å². The Balaban J connectivity index is 1.35. The number of fused-ring (bicyclic) bond motifs is 1. The van der Waals surface area contributed by atoms with Crippen LogP contribution in [0.2, 0.25) is 0 Å². The summed E-state index contributed by atoms with van der Waals surface area (Å²) in [6.07, 6.45) is 4.23. The molecule has 36 heavy (non-hydrogen) atoms. The Bertz CT molecular complexity index is 1310. The van der Waals surface area contributed by atoms with Crippen LogP contribution in [0, 0.1) is 0 Å². The van der Waals surface area contributed by atoms with Crippen molar-refractivity contribution in [1.29, 1.82) is 0 Å². The predicted octanol–water partition coefficient (Wildman–Crippen LogP) is 3.72. The second-order valence-corrected chi connectivity index (χ2v) is 8.85. The summed E-state index contributed by atoms with van der Waals surface area (Å²) < 4.78 is 7.25. The predicted molar refractivity (Wildman–Crippen MR) is 140 cm³/mol. The van der Waals surface area contributed by atoms with Gasteiger partial charge in [0, 0.05) is 39.1 Å². The standard InChI is InChI=1S/C27H31N7O2/c1-36-22-11-9-21(10-12-22)18-29-27-31-25(28-14-13-20-6-3-2-4-7-20)24-26(32-27)34(19-30-24)17-16-33-15-5-8-23(33)35/h2-4,6-7,9-12,19H,5,8,13-18H2,1H3,(H2,28,29,31,32). The Labute approximate surface area is 210 Å². The lowest BCUT2D eigenvalue weighted by atomic mass is 10.1. The summed E-state index contributed by atoms with van der Waals surface area (Å²) in [6, 6.07) is 18.3. The van der Waals surface area contributed by atoms with Gasteiger partial charge < -0.3 is 24.8 Å². The second-order valence-electron chi connectivity index (χ2n) is 8.85. The van der Waals surface area contributed by atoms with Gasteiger partial charge in [-0.1, -0.05) is 42.5 Å². The lowest BCUT2D eigenvalue weighted by molar-refractivity contribution is -0.127. The van der Waals surface area contributed by atoms with Gasteiger partial charge in [0.2, 0.25) is 11.9 Å². The van der Waals surface area contributed by atoms with Crippen LogP contribution in [0.15, 0.2) is 60.9 Å². The molecule has 4 aromatic rings. The highest BCUT2D eigenvalue weighted by molar-refractivity contribution is 5.84. The zero-order chi connectivity index (χ0) is 24.7. The topological polar surface area (TPSA) is 97.2 Å². The molecular formula is C27H31N7O2. The largest absolute Gasteiger partial charge is 0.497 e. The first-order valence-corrected chi connectivity index (χ1v) is 12.3. The molecule has 0 unspecified atom stereocenters. The second kappa shape index (κ2) is 11.1. The Kier molecular flexibility index (Phi) is 7.25. The van der Waals surface area contributed by atoms with Crippen molar-refractivity contribution in [3.63, 3.8) is 0 Å². The molecule has 1 fully saturated rings. The summed E-state index contributed by atoms with van der Waals surface area (Å²) in [4.78, 5) is 28.1. The van der Waals surface area contributed by atoms with E-state index in [1.165, 1.54) is 5.56 Å². The number of anilines is 2. The monoisotopic (exact) mass is 485 g/mol. The molecule has 9 heteroatoms. The van der Waals surface area contributed by atoms with E-state index in [1.807, 2.05) is 51.9 Å². The molecule has 1 aliphatic rings. The van der Waals surface area contributed by atoms with E-state index in [0.717, 1.165) is 48.4 Å². The van der Waals surface area contributed by atoms with Gasteiger partial charge in [-0.25, -0.2) is 4.98 Å². The maximum Gasteiger partial charge on any atom is 0.227 e. The average Bonchev–Trinajstić information content (AvgIpc) is 3.52. The molecule has 2 N–H and O–H groups in total. The Morgan fingerprint density at radius 1 is 0.972 bits per heavy atom. The first-order chi connectivity index (χ1) is 17.7. The fourth-order valence-electron chi connectivity index (χ4n) is 4.37. The molecule has 3 heterocycles. The van der Waals surface area contributed by atoms with Crippen LogP contribution >= 0.6 is 0 Å². The number of carbonyl (C=O) groups is 1. The van der Waals surface area contributed by atoms with Crippen molar-refractivity contribution in [3.05, 3.63) is 72.1 Å². The molecule has 5 rings (SSSR count). The number of hydrogen-bond acceptors (Lipinski definition) is 7. The molecule has 186 valence electrons. The van der Waals surface area contributed by atoms with Crippen molar-refractivity contribution < 1.29 is 9.53 Å². The molecule has 9 nitrogen and oxygen atoms in total. The molecule has 1 amide bonds. The number of nitrogens with zero attached hydrogens (tertiary/aromatic N) is 5. The van der Waals surface area contributed by atoms with Crippen LogP contribution in [-0.4, -0.2) is 57.1 Å². The highest BCUT2D eigenvalue weighted by atomic mass is 16.5. The molecule has 0 aliphatic carbocycles. The van der Waals surface area contributed by atoms with Gasteiger partial charge in [-0.05, 0) is 36.1 Å². The number of methoxy groups -OCH3 is 1. The first-order valence-electron chi connectivity index (χ1n) is 12.3. The normalized spacial score (nSPS) is 13.4. The summed E-state index contributed by atoms with van der Waals surface area (Å²) in [7, 11) is 1.66. The van der Waals surface area contributed by atoms with Crippen LogP contribution in [0.4, 0.5) is 11.8 Å². The Morgan fingerprint density at radius 2 is 1.81 bits per heavy atom.